The minimum atomic E-state index is -0.297. The molecule has 0 radical (unpaired) electrons. The molecule has 1 aromatic heterocycles. The van der Waals surface area contributed by atoms with E-state index in [2.05, 4.69) is 29.6 Å². The van der Waals surface area contributed by atoms with Crippen LogP contribution in [0.15, 0.2) is 18.2 Å². The van der Waals surface area contributed by atoms with Gasteiger partial charge in [-0.3, -0.25) is 4.68 Å². The Morgan fingerprint density at radius 1 is 1.38 bits per heavy atom. The Balaban J connectivity index is 1.93. The highest BCUT2D eigenvalue weighted by Gasteiger charge is 2.12. The van der Waals surface area contributed by atoms with Gasteiger partial charge in [-0.05, 0) is 51.0 Å². The Morgan fingerprint density at radius 2 is 2.12 bits per heavy atom. The lowest BCUT2D eigenvalue weighted by atomic mass is 10.1. The third kappa shape index (κ3) is 4.20. The number of benzene rings is 1. The molecule has 1 heterocycles. The van der Waals surface area contributed by atoms with Gasteiger partial charge in [0.15, 0.2) is 0 Å². The number of hydrogen-bond donors (Lipinski definition) is 2. The van der Waals surface area contributed by atoms with Crippen LogP contribution in [0.2, 0.25) is 5.02 Å². The summed E-state index contributed by atoms with van der Waals surface area (Å²) in [5.41, 5.74) is 3.87. The minimum absolute atomic E-state index is 0.297. The van der Waals surface area contributed by atoms with Crippen LogP contribution in [0.25, 0.3) is 0 Å². The number of halogens is 1. The predicted octanol–water partition coefficient (Wildman–Crippen LogP) is 3.55. The SMILES string of the molecule is CCn1nc(C)c(CCNC(=O)Nc2cc(Cl)ccc2OC)c1C. The molecule has 7 heteroatoms. The van der Waals surface area contributed by atoms with Gasteiger partial charge in [0.2, 0.25) is 0 Å². The standard InChI is InChI=1S/C17H23ClN4O2/c1-5-22-12(3)14(11(2)21-22)8-9-19-17(23)20-15-10-13(18)6-7-16(15)24-4/h6-7,10H,5,8-9H2,1-4H3,(H2,19,20,23). The maximum absolute atomic E-state index is 12.1. The van der Waals surface area contributed by atoms with Crippen molar-refractivity contribution in [3.63, 3.8) is 0 Å². The van der Waals surface area contributed by atoms with Crippen LogP contribution < -0.4 is 15.4 Å². The maximum atomic E-state index is 12.1. The van der Waals surface area contributed by atoms with Crippen molar-refractivity contribution in [2.24, 2.45) is 0 Å². The van der Waals surface area contributed by atoms with Crippen LogP contribution in [0.3, 0.4) is 0 Å². The van der Waals surface area contributed by atoms with E-state index in [0.717, 1.165) is 24.4 Å². The Labute approximate surface area is 147 Å². The number of amides is 2. The Morgan fingerprint density at radius 3 is 2.75 bits per heavy atom. The number of aromatic nitrogens is 2. The Kier molecular flexibility index (Phi) is 6.09. The largest absolute Gasteiger partial charge is 0.495 e. The zero-order valence-corrected chi connectivity index (χ0v) is 15.2. The number of carbonyl (C=O) groups is 1. The fraction of sp³-hybridized carbons (Fsp3) is 0.412. The number of anilines is 1. The normalized spacial score (nSPS) is 10.5. The van der Waals surface area contributed by atoms with Gasteiger partial charge in [-0.2, -0.15) is 5.10 Å². The molecular formula is C17H23ClN4O2. The number of hydrogen-bond acceptors (Lipinski definition) is 3. The van der Waals surface area contributed by atoms with E-state index in [1.165, 1.54) is 5.56 Å². The molecule has 0 fully saturated rings. The van der Waals surface area contributed by atoms with Crippen molar-refractivity contribution in [3.8, 4) is 5.75 Å². The number of nitrogens with one attached hydrogen (secondary N) is 2. The van der Waals surface area contributed by atoms with E-state index in [9.17, 15) is 4.79 Å². The van der Waals surface area contributed by atoms with Gasteiger partial charge in [0.05, 0.1) is 18.5 Å². The van der Waals surface area contributed by atoms with E-state index in [4.69, 9.17) is 16.3 Å². The van der Waals surface area contributed by atoms with Crippen molar-refractivity contribution in [1.29, 1.82) is 0 Å². The highest BCUT2D eigenvalue weighted by molar-refractivity contribution is 6.31. The summed E-state index contributed by atoms with van der Waals surface area (Å²) in [7, 11) is 1.54. The van der Waals surface area contributed by atoms with Crippen LogP contribution in [0.4, 0.5) is 10.5 Å². The number of methoxy groups -OCH3 is 1. The van der Waals surface area contributed by atoms with Gasteiger partial charge < -0.3 is 15.4 Å². The second kappa shape index (κ2) is 8.06. The summed E-state index contributed by atoms with van der Waals surface area (Å²) in [4.78, 5) is 12.1. The van der Waals surface area contributed by atoms with Crippen molar-refractivity contribution in [2.45, 2.75) is 33.7 Å². The lowest BCUT2D eigenvalue weighted by Gasteiger charge is -2.11. The minimum Gasteiger partial charge on any atom is -0.495 e. The number of nitrogens with zero attached hydrogens (tertiary/aromatic N) is 2. The van der Waals surface area contributed by atoms with E-state index in [-0.39, 0.29) is 6.03 Å². The van der Waals surface area contributed by atoms with Gasteiger partial charge in [0.25, 0.3) is 0 Å². The van der Waals surface area contributed by atoms with Gasteiger partial charge in [-0.15, -0.1) is 0 Å². The Hall–Kier alpha value is -2.21. The molecule has 0 aliphatic carbocycles. The average Bonchev–Trinajstić information content (AvgIpc) is 2.82. The molecule has 0 spiro atoms. The molecule has 2 aromatic rings. The molecule has 2 N–H and O–H groups in total. The fourth-order valence-corrected chi connectivity index (χ4v) is 2.82. The lowest BCUT2D eigenvalue weighted by Crippen LogP contribution is -2.30. The number of aryl methyl sites for hydroxylation is 2. The van der Waals surface area contributed by atoms with Crippen molar-refractivity contribution in [2.75, 3.05) is 19.0 Å². The molecule has 2 rings (SSSR count). The summed E-state index contributed by atoms with van der Waals surface area (Å²) >= 11 is 5.96. The maximum Gasteiger partial charge on any atom is 0.319 e. The summed E-state index contributed by atoms with van der Waals surface area (Å²) < 4.78 is 7.18. The molecule has 2 amide bonds. The van der Waals surface area contributed by atoms with E-state index < -0.39 is 0 Å². The quantitative estimate of drug-likeness (QED) is 0.837. The first-order valence-electron chi connectivity index (χ1n) is 7.87. The summed E-state index contributed by atoms with van der Waals surface area (Å²) in [5, 5.41) is 10.6. The van der Waals surface area contributed by atoms with Gasteiger partial charge in [0.1, 0.15) is 5.75 Å². The summed E-state index contributed by atoms with van der Waals surface area (Å²) in [6, 6.07) is 4.78. The van der Waals surface area contributed by atoms with Crippen LogP contribution in [0, 0.1) is 13.8 Å². The van der Waals surface area contributed by atoms with Crippen molar-refractivity contribution in [3.05, 3.63) is 40.2 Å². The fourth-order valence-electron chi connectivity index (χ4n) is 2.65. The molecule has 130 valence electrons. The summed E-state index contributed by atoms with van der Waals surface area (Å²) in [6.45, 7) is 7.47. The molecule has 0 unspecified atom stereocenters. The van der Waals surface area contributed by atoms with Crippen LogP contribution in [0.5, 0.6) is 5.75 Å². The second-order valence-corrected chi connectivity index (χ2v) is 5.88. The molecular weight excluding hydrogens is 328 g/mol. The van der Waals surface area contributed by atoms with E-state index >= 15 is 0 Å². The molecule has 0 aliphatic heterocycles. The second-order valence-electron chi connectivity index (χ2n) is 5.44. The topological polar surface area (TPSA) is 68.2 Å². The number of rotatable bonds is 6. The van der Waals surface area contributed by atoms with Crippen LogP contribution in [-0.4, -0.2) is 29.5 Å². The zero-order valence-electron chi connectivity index (χ0n) is 14.4. The first-order chi connectivity index (χ1) is 11.5. The molecule has 1 aromatic carbocycles. The average molecular weight is 351 g/mol. The molecule has 24 heavy (non-hydrogen) atoms. The van der Waals surface area contributed by atoms with Crippen LogP contribution in [0.1, 0.15) is 23.9 Å². The van der Waals surface area contributed by atoms with Crippen molar-refractivity contribution in [1.82, 2.24) is 15.1 Å². The van der Waals surface area contributed by atoms with E-state index in [1.807, 2.05) is 11.6 Å². The molecule has 0 saturated heterocycles. The third-order valence-corrected chi connectivity index (χ3v) is 4.14. The van der Waals surface area contributed by atoms with Crippen LogP contribution in [-0.2, 0) is 13.0 Å². The van der Waals surface area contributed by atoms with Crippen molar-refractivity contribution >= 4 is 23.3 Å². The monoisotopic (exact) mass is 350 g/mol. The van der Waals surface area contributed by atoms with Crippen LogP contribution >= 0.6 is 11.6 Å². The molecule has 6 nitrogen and oxygen atoms in total. The predicted molar refractivity (Wildman–Crippen MR) is 96.1 cm³/mol. The Bertz CT molecular complexity index is 728. The van der Waals surface area contributed by atoms with Gasteiger partial charge in [-0.25, -0.2) is 4.79 Å². The summed E-state index contributed by atoms with van der Waals surface area (Å²) in [6.07, 6.45) is 0.734. The molecule has 0 aliphatic rings. The first-order valence-corrected chi connectivity index (χ1v) is 8.25. The van der Waals surface area contributed by atoms with Gasteiger partial charge in [-0.1, -0.05) is 11.6 Å². The third-order valence-electron chi connectivity index (χ3n) is 3.90. The van der Waals surface area contributed by atoms with Gasteiger partial charge >= 0.3 is 6.03 Å². The highest BCUT2D eigenvalue weighted by atomic mass is 35.5. The number of ether oxygens (including phenoxy) is 1. The molecule has 0 atom stereocenters. The highest BCUT2D eigenvalue weighted by Crippen LogP contribution is 2.27. The number of urea groups is 1. The smallest absolute Gasteiger partial charge is 0.319 e. The zero-order chi connectivity index (χ0) is 17.7. The molecule has 0 saturated carbocycles. The summed E-state index contributed by atoms with van der Waals surface area (Å²) in [5.74, 6) is 0.561. The molecule has 0 bridgehead atoms. The van der Waals surface area contributed by atoms with Crippen molar-refractivity contribution < 1.29 is 9.53 Å². The number of carbonyl (C=O) groups excluding carboxylic acids is 1. The van der Waals surface area contributed by atoms with Gasteiger partial charge in [0, 0.05) is 23.8 Å². The van der Waals surface area contributed by atoms with E-state index in [0.29, 0.717) is 23.0 Å². The lowest BCUT2D eigenvalue weighted by molar-refractivity contribution is 0.252. The first kappa shape index (κ1) is 18.1. The van der Waals surface area contributed by atoms with E-state index in [1.54, 1.807) is 25.3 Å².